The number of nitrogens with one attached hydrogen (secondary N) is 1. The van der Waals surface area contributed by atoms with Gasteiger partial charge >= 0.3 is 0 Å². The third-order valence-electron chi connectivity index (χ3n) is 2.92. The third kappa shape index (κ3) is 4.46. The van der Waals surface area contributed by atoms with Gasteiger partial charge in [0.25, 0.3) is 0 Å². The molecule has 0 bridgehead atoms. The van der Waals surface area contributed by atoms with E-state index in [2.05, 4.69) is 10.3 Å². The van der Waals surface area contributed by atoms with Crippen LogP contribution in [-0.4, -0.2) is 17.5 Å². The normalized spacial score (nSPS) is 10.2. The Morgan fingerprint density at radius 1 is 1.24 bits per heavy atom. The van der Waals surface area contributed by atoms with E-state index in [1.165, 1.54) is 0 Å². The largest absolute Gasteiger partial charge is 0.478 e. The minimum atomic E-state index is -0.0885. The van der Waals surface area contributed by atoms with Gasteiger partial charge in [-0.25, -0.2) is 4.98 Å². The van der Waals surface area contributed by atoms with Crippen molar-refractivity contribution in [1.29, 1.82) is 0 Å². The molecule has 1 amide bonds. The molecule has 110 valence electrons. The minimum Gasteiger partial charge on any atom is -0.478 e. The zero-order chi connectivity index (χ0) is 15.1. The Bertz CT molecular complexity index is 617. The summed E-state index contributed by atoms with van der Waals surface area (Å²) in [4.78, 5) is 16.1. The third-order valence-corrected chi connectivity index (χ3v) is 3.28. The molecule has 1 heterocycles. The second-order valence-corrected chi connectivity index (χ2v) is 4.85. The SMILES string of the molecule is CCOc1ncccc1CNC(=O)Cc1ccccc1Cl. The summed E-state index contributed by atoms with van der Waals surface area (Å²) >= 11 is 6.04. The van der Waals surface area contributed by atoms with Crippen LogP contribution in [-0.2, 0) is 17.8 Å². The molecule has 0 unspecified atom stereocenters. The van der Waals surface area contributed by atoms with Crippen molar-refractivity contribution in [2.75, 3.05) is 6.61 Å². The molecular weight excluding hydrogens is 288 g/mol. The predicted molar refractivity (Wildman–Crippen MR) is 82.4 cm³/mol. The fraction of sp³-hybridized carbons (Fsp3) is 0.250. The summed E-state index contributed by atoms with van der Waals surface area (Å²) in [6.07, 6.45) is 1.92. The number of rotatable bonds is 6. The maximum absolute atomic E-state index is 12.0. The number of amides is 1. The Kier molecular flexibility index (Phi) is 5.58. The van der Waals surface area contributed by atoms with E-state index in [9.17, 15) is 4.79 Å². The lowest BCUT2D eigenvalue weighted by molar-refractivity contribution is -0.120. The van der Waals surface area contributed by atoms with Crippen molar-refractivity contribution in [2.45, 2.75) is 19.9 Å². The van der Waals surface area contributed by atoms with Crippen LogP contribution in [0.2, 0.25) is 5.02 Å². The first-order valence-corrected chi connectivity index (χ1v) is 7.15. The summed E-state index contributed by atoms with van der Waals surface area (Å²) in [5, 5.41) is 3.46. The van der Waals surface area contributed by atoms with Gasteiger partial charge in [-0.15, -0.1) is 0 Å². The lowest BCUT2D eigenvalue weighted by Gasteiger charge is -2.10. The van der Waals surface area contributed by atoms with Gasteiger partial charge in [-0.05, 0) is 24.6 Å². The van der Waals surface area contributed by atoms with Gasteiger partial charge in [-0.3, -0.25) is 4.79 Å². The van der Waals surface area contributed by atoms with Gasteiger partial charge < -0.3 is 10.1 Å². The van der Waals surface area contributed by atoms with Crippen molar-refractivity contribution >= 4 is 17.5 Å². The highest BCUT2D eigenvalue weighted by Crippen LogP contribution is 2.16. The molecule has 0 aliphatic rings. The molecule has 1 N–H and O–H groups in total. The van der Waals surface area contributed by atoms with Crippen LogP contribution in [0.4, 0.5) is 0 Å². The monoisotopic (exact) mass is 304 g/mol. The first-order chi connectivity index (χ1) is 10.2. The molecule has 0 saturated carbocycles. The molecule has 5 heteroatoms. The summed E-state index contributed by atoms with van der Waals surface area (Å²) in [6, 6.07) is 11.0. The van der Waals surface area contributed by atoms with Crippen LogP contribution < -0.4 is 10.1 Å². The molecule has 1 aromatic heterocycles. The number of carbonyl (C=O) groups excluding carboxylic acids is 1. The Morgan fingerprint density at radius 2 is 2.00 bits per heavy atom. The summed E-state index contributed by atoms with van der Waals surface area (Å²) in [5.41, 5.74) is 1.67. The van der Waals surface area contributed by atoms with E-state index in [-0.39, 0.29) is 12.3 Å². The van der Waals surface area contributed by atoms with Gasteiger partial charge in [-0.1, -0.05) is 35.9 Å². The fourth-order valence-corrected chi connectivity index (χ4v) is 2.10. The van der Waals surface area contributed by atoms with E-state index in [1.54, 1.807) is 12.3 Å². The van der Waals surface area contributed by atoms with Gasteiger partial charge in [0, 0.05) is 23.3 Å². The summed E-state index contributed by atoms with van der Waals surface area (Å²) in [5.74, 6) is 0.465. The second kappa shape index (κ2) is 7.64. The molecule has 0 aliphatic carbocycles. The van der Waals surface area contributed by atoms with Crippen LogP contribution in [0.5, 0.6) is 5.88 Å². The number of aromatic nitrogens is 1. The number of hydrogen-bond acceptors (Lipinski definition) is 3. The number of halogens is 1. The van der Waals surface area contributed by atoms with E-state index >= 15 is 0 Å². The Hall–Kier alpha value is -2.07. The maximum Gasteiger partial charge on any atom is 0.224 e. The van der Waals surface area contributed by atoms with Crippen LogP contribution in [0.3, 0.4) is 0 Å². The van der Waals surface area contributed by atoms with Gasteiger partial charge in [0.1, 0.15) is 0 Å². The molecular formula is C16H17ClN2O2. The van der Waals surface area contributed by atoms with Crippen molar-refractivity contribution in [3.8, 4) is 5.88 Å². The average molecular weight is 305 g/mol. The van der Waals surface area contributed by atoms with Crippen LogP contribution in [0, 0.1) is 0 Å². The molecule has 0 fully saturated rings. The molecule has 2 rings (SSSR count). The maximum atomic E-state index is 12.0. The molecule has 2 aromatic rings. The molecule has 0 atom stereocenters. The quantitative estimate of drug-likeness (QED) is 0.892. The summed E-state index contributed by atoms with van der Waals surface area (Å²) < 4.78 is 5.42. The average Bonchev–Trinajstić information content (AvgIpc) is 2.49. The minimum absolute atomic E-state index is 0.0885. The molecule has 0 aliphatic heterocycles. The highest BCUT2D eigenvalue weighted by Gasteiger charge is 2.09. The molecule has 1 aromatic carbocycles. The first-order valence-electron chi connectivity index (χ1n) is 6.77. The van der Waals surface area contributed by atoms with Crippen molar-refractivity contribution in [2.24, 2.45) is 0 Å². The number of benzene rings is 1. The standard InChI is InChI=1S/C16H17ClN2O2/c1-2-21-16-13(7-5-9-18-16)11-19-15(20)10-12-6-3-4-8-14(12)17/h3-9H,2,10-11H2,1H3,(H,19,20). The Balaban J connectivity index is 1.94. The number of carbonyl (C=O) groups is 1. The van der Waals surface area contributed by atoms with Crippen LogP contribution in [0.1, 0.15) is 18.1 Å². The van der Waals surface area contributed by atoms with Gasteiger partial charge in [-0.2, -0.15) is 0 Å². The highest BCUT2D eigenvalue weighted by atomic mass is 35.5. The Labute approximate surface area is 129 Å². The smallest absolute Gasteiger partial charge is 0.224 e. The number of pyridine rings is 1. The van der Waals surface area contributed by atoms with Crippen LogP contribution in [0.15, 0.2) is 42.6 Å². The van der Waals surface area contributed by atoms with E-state index in [0.717, 1.165) is 11.1 Å². The van der Waals surface area contributed by atoms with Gasteiger partial charge in [0.2, 0.25) is 11.8 Å². The first kappa shape index (κ1) is 15.3. The van der Waals surface area contributed by atoms with E-state index in [1.807, 2.05) is 37.3 Å². The molecule has 0 saturated heterocycles. The van der Waals surface area contributed by atoms with Gasteiger partial charge in [0.05, 0.1) is 13.0 Å². The topological polar surface area (TPSA) is 51.2 Å². The van der Waals surface area contributed by atoms with Crippen LogP contribution >= 0.6 is 11.6 Å². The number of nitrogens with zero attached hydrogens (tertiary/aromatic N) is 1. The van der Waals surface area contributed by atoms with Crippen LogP contribution in [0.25, 0.3) is 0 Å². The predicted octanol–water partition coefficient (Wildman–Crippen LogP) is 2.99. The summed E-state index contributed by atoms with van der Waals surface area (Å²) in [6.45, 7) is 2.82. The van der Waals surface area contributed by atoms with Gasteiger partial charge in [0.15, 0.2) is 0 Å². The number of hydrogen-bond donors (Lipinski definition) is 1. The molecule has 0 radical (unpaired) electrons. The highest BCUT2D eigenvalue weighted by molar-refractivity contribution is 6.31. The lowest BCUT2D eigenvalue weighted by atomic mass is 10.1. The van der Waals surface area contributed by atoms with Crippen molar-refractivity contribution < 1.29 is 9.53 Å². The second-order valence-electron chi connectivity index (χ2n) is 4.45. The zero-order valence-electron chi connectivity index (χ0n) is 11.8. The van der Waals surface area contributed by atoms with Crippen molar-refractivity contribution in [3.05, 3.63) is 58.7 Å². The van der Waals surface area contributed by atoms with Crippen molar-refractivity contribution in [3.63, 3.8) is 0 Å². The fourth-order valence-electron chi connectivity index (χ4n) is 1.90. The molecule has 4 nitrogen and oxygen atoms in total. The molecule has 21 heavy (non-hydrogen) atoms. The zero-order valence-corrected chi connectivity index (χ0v) is 12.6. The lowest BCUT2D eigenvalue weighted by Crippen LogP contribution is -2.25. The molecule has 0 spiro atoms. The van der Waals surface area contributed by atoms with E-state index < -0.39 is 0 Å². The van der Waals surface area contributed by atoms with Crippen molar-refractivity contribution in [1.82, 2.24) is 10.3 Å². The van der Waals surface area contributed by atoms with E-state index in [4.69, 9.17) is 16.3 Å². The summed E-state index contributed by atoms with van der Waals surface area (Å²) in [7, 11) is 0. The Morgan fingerprint density at radius 3 is 2.76 bits per heavy atom. The number of ether oxygens (including phenoxy) is 1. The van der Waals surface area contributed by atoms with E-state index in [0.29, 0.717) is 24.1 Å².